The van der Waals surface area contributed by atoms with Crippen molar-refractivity contribution in [1.82, 2.24) is 9.97 Å². The van der Waals surface area contributed by atoms with E-state index in [0.29, 0.717) is 11.6 Å². The van der Waals surface area contributed by atoms with Crippen molar-refractivity contribution in [3.63, 3.8) is 0 Å². The molecule has 1 aromatic heterocycles. The third-order valence-corrected chi connectivity index (χ3v) is 5.29. The minimum Gasteiger partial charge on any atom is -0.465 e. The molecule has 1 aliphatic carbocycles. The maximum absolute atomic E-state index is 11.7. The van der Waals surface area contributed by atoms with Crippen molar-refractivity contribution in [2.24, 2.45) is 0 Å². The summed E-state index contributed by atoms with van der Waals surface area (Å²) in [5.41, 5.74) is 3.06. The quantitative estimate of drug-likeness (QED) is 0.853. The summed E-state index contributed by atoms with van der Waals surface area (Å²) in [7, 11) is 1.41. The topological polar surface area (TPSA) is 67.3 Å². The Labute approximate surface area is 153 Å². The normalized spacial score (nSPS) is 17.0. The van der Waals surface area contributed by atoms with Crippen LogP contribution in [0.2, 0.25) is 0 Å². The molecule has 0 atom stereocenters. The lowest BCUT2D eigenvalue weighted by Gasteiger charge is -2.30. The number of rotatable bonds is 4. The predicted molar refractivity (Wildman–Crippen MR) is 100 cm³/mol. The molecule has 0 radical (unpaired) electrons. The summed E-state index contributed by atoms with van der Waals surface area (Å²) in [6.45, 7) is 1.66. The highest BCUT2D eigenvalue weighted by molar-refractivity contribution is 5.89. The van der Waals surface area contributed by atoms with E-state index in [-0.39, 0.29) is 5.97 Å². The number of hydrogen-bond acceptors (Lipinski definition) is 6. The highest BCUT2D eigenvalue weighted by atomic mass is 16.5. The first-order chi connectivity index (χ1) is 12.7. The van der Waals surface area contributed by atoms with Gasteiger partial charge in [0.15, 0.2) is 0 Å². The molecule has 2 aliphatic rings. The van der Waals surface area contributed by atoms with E-state index in [1.54, 1.807) is 0 Å². The number of benzene rings is 1. The monoisotopic (exact) mass is 352 g/mol. The zero-order chi connectivity index (χ0) is 17.9. The third-order valence-electron chi connectivity index (χ3n) is 5.29. The Morgan fingerprint density at radius 1 is 1.23 bits per heavy atom. The smallest absolute Gasteiger partial charge is 0.337 e. The molecule has 26 heavy (non-hydrogen) atoms. The molecule has 1 aliphatic heterocycles. The van der Waals surface area contributed by atoms with Gasteiger partial charge in [0, 0.05) is 25.3 Å². The molecule has 6 nitrogen and oxygen atoms in total. The number of fused-ring (bicyclic) bond motifs is 1. The predicted octanol–water partition coefficient (Wildman–Crippen LogP) is 3.18. The van der Waals surface area contributed by atoms with Crippen LogP contribution in [-0.2, 0) is 17.7 Å². The molecule has 1 N–H and O–H groups in total. The van der Waals surface area contributed by atoms with E-state index < -0.39 is 0 Å². The van der Waals surface area contributed by atoms with Crippen LogP contribution < -0.4 is 10.2 Å². The molecule has 4 rings (SSSR count). The van der Waals surface area contributed by atoms with Crippen molar-refractivity contribution in [3.05, 3.63) is 47.2 Å². The average Bonchev–Trinajstić information content (AvgIpc) is 3.19. The van der Waals surface area contributed by atoms with Crippen molar-refractivity contribution in [1.29, 1.82) is 0 Å². The van der Waals surface area contributed by atoms with Crippen LogP contribution in [0.4, 0.5) is 11.8 Å². The van der Waals surface area contributed by atoms with Crippen molar-refractivity contribution >= 4 is 17.7 Å². The van der Waals surface area contributed by atoms with E-state index in [9.17, 15) is 4.79 Å². The fourth-order valence-corrected chi connectivity index (χ4v) is 3.84. The Morgan fingerprint density at radius 3 is 2.88 bits per heavy atom. The van der Waals surface area contributed by atoms with Crippen LogP contribution in [0.1, 0.15) is 47.2 Å². The van der Waals surface area contributed by atoms with Gasteiger partial charge in [-0.15, -0.1) is 0 Å². The maximum Gasteiger partial charge on any atom is 0.337 e. The number of ether oxygens (including phenoxy) is 1. The third kappa shape index (κ3) is 3.49. The van der Waals surface area contributed by atoms with E-state index in [1.165, 1.54) is 43.9 Å². The number of anilines is 2. The zero-order valence-corrected chi connectivity index (χ0v) is 15.1. The first-order valence-electron chi connectivity index (χ1n) is 9.27. The molecule has 0 unspecified atom stereocenters. The van der Waals surface area contributed by atoms with Crippen LogP contribution in [-0.4, -0.2) is 35.6 Å². The molecule has 1 fully saturated rings. The van der Waals surface area contributed by atoms with Crippen molar-refractivity contribution in [3.8, 4) is 0 Å². The summed E-state index contributed by atoms with van der Waals surface area (Å²) in [5.74, 6) is 1.39. The SMILES string of the molecule is COC(=O)c1ccc2c(c1)CCN(c1ccnc(NC3CCCC3)n1)C2. The Hall–Kier alpha value is -2.63. The summed E-state index contributed by atoms with van der Waals surface area (Å²) < 4.78 is 4.81. The molecular formula is C20H24N4O2. The molecule has 1 aromatic carbocycles. The lowest BCUT2D eigenvalue weighted by molar-refractivity contribution is 0.0600. The van der Waals surface area contributed by atoms with Gasteiger partial charge in [0.05, 0.1) is 12.7 Å². The number of esters is 1. The van der Waals surface area contributed by atoms with E-state index >= 15 is 0 Å². The minimum absolute atomic E-state index is 0.284. The molecule has 136 valence electrons. The van der Waals surface area contributed by atoms with Crippen LogP contribution in [0.25, 0.3) is 0 Å². The highest BCUT2D eigenvalue weighted by Gasteiger charge is 2.20. The molecule has 0 bridgehead atoms. The molecule has 2 heterocycles. The first kappa shape index (κ1) is 16.8. The summed E-state index contributed by atoms with van der Waals surface area (Å²) in [4.78, 5) is 23.1. The van der Waals surface area contributed by atoms with Gasteiger partial charge in [0.1, 0.15) is 5.82 Å². The van der Waals surface area contributed by atoms with E-state index in [0.717, 1.165) is 31.3 Å². The Morgan fingerprint density at radius 2 is 2.08 bits per heavy atom. The van der Waals surface area contributed by atoms with Gasteiger partial charge in [-0.1, -0.05) is 18.9 Å². The summed E-state index contributed by atoms with van der Waals surface area (Å²) in [6.07, 6.45) is 7.69. The van der Waals surface area contributed by atoms with Gasteiger partial charge < -0.3 is 15.0 Å². The second kappa shape index (κ2) is 7.32. The number of nitrogens with zero attached hydrogens (tertiary/aromatic N) is 3. The number of carbonyl (C=O) groups is 1. The molecule has 2 aromatic rings. The number of hydrogen-bond donors (Lipinski definition) is 1. The van der Waals surface area contributed by atoms with Gasteiger partial charge in [-0.05, 0) is 48.6 Å². The molecule has 6 heteroatoms. The minimum atomic E-state index is -0.284. The average molecular weight is 352 g/mol. The number of nitrogens with one attached hydrogen (secondary N) is 1. The van der Waals surface area contributed by atoms with Gasteiger partial charge in [-0.2, -0.15) is 4.98 Å². The Balaban J connectivity index is 1.49. The maximum atomic E-state index is 11.7. The van der Waals surface area contributed by atoms with E-state index in [4.69, 9.17) is 9.72 Å². The second-order valence-electron chi connectivity index (χ2n) is 7.01. The number of carbonyl (C=O) groups excluding carboxylic acids is 1. The summed E-state index contributed by atoms with van der Waals surface area (Å²) in [6, 6.07) is 8.27. The fourth-order valence-electron chi connectivity index (χ4n) is 3.84. The lowest BCUT2D eigenvalue weighted by atomic mass is 9.97. The molecule has 0 amide bonds. The van der Waals surface area contributed by atoms with Crippen molar-refractivity contribution < 1.29 is 9.53 Å². The number of aromatic nitrogens is 2. The van der Waals surface area contributed by atoms with E-state index in [1.807, 2.05) is 30.5 Å². The first-order valence-corrected chi connectivity index (χ1v) is 9.27. The second-order valence-corrected chi connectivity index (χ2v) is 7.01. The fraction of sp³-hybridized carbons (Fsp3) is 0.450. The zero-order valence-electron chi connectivity index (χ0n) is 15.1. The van der Waals surface area contributed by atoms with Crippen LogP contribution in [0.3, 0.4) is 0 Å². The van der Waals surface area contributed by atoms with Crippen LogP contribution in [0.15, 0.2) is 30.5 Å². The Kier molecular flexibility index (Phi) is 4.73. The van der Waals surface area contributed by atoms with E-state index in [2.05, 4.69) is 15.2 Å². The van der Waals surface area contributed by atoms with Crippen molar-refractivity contribution in [2.75, 3.05) is 23.9 Å². The summed E-state index contributed by atoms with van der Waals surface area (Å²) >= 11 is 0. The standard InChI is InChI=1S/C20H24N4O2/c1-26-19(25)15-6-7-16-13-24(11-9-14(16)12-15)18-8-10-21-20(23-18)22-17-4-2-3-5-17/h6-8,10,12,17H,2-5,9,11,13H2,1H3,(H,21,22,23). The lowest BCUT2D eigenvalue weighted by Crippen LogP contribution is -2.31. The largest absolute Gasteiger partial charge is 0.465 e. The van der Waals surface area contributed by atoms with Gasteiger partial charge in [0.2, 0.25) is 5.95 Å². The van der Waals surface area contributed by atoms with Crippen LogP contribution in [0, 0.1) is 0 Å². The number of methoxy groups -OCH3 is 1. The molecule has 0 saturated heterocycles. The van der Waals surface area contributed by atoms with Crippen LogP contribution in [0.5, 0.6) is 0 Å². The summed E-state index contributed by atoms with van der Waals surface area (Å²) in [5, 5.41) is 3.47. The molecule has 1 saturated carbocycles. The van der Waals surface area contributed by atoms with Crippen LogP contribution >= 0.6 is 0 Å². The molecular weight excluding hydrogens is 328 g/mol. The Bertz CT molecular complexity index is 802. The van der Waals surface area contributed by atoms with Gasteiger partial charge in [0.25, 0.3) is 0 Å². The van der Waals surface area contributed by atoms with Gasteiger partial charge in [-0.25, -0.2) is 9.78 Å². The van der Waals surface area contributed by atoms with Gasteiger partial charge in [-0.3, -0.25) is 0 Å². The van der Waals surface area contributed by atoms with Gasteiger partial charge >= 0.3 is 5.97 Å². The molecule has 0 spiro atoms. The van der Waals surface area contributed by atoms with Crippen molar-refractivity contribution in [2.45, 2.75) is 44.7 Å². The highest BCUT2D eigenvalue weighted by Crippen LogP contribution is 2.26.